The van der Waals surface area contributed by atoms with Gasteiger partial charge in [-0.3, -0.25) is 4.79 Å². The average Bonchev–Trinajstić information content (AvgIpc) is 2.93. The molecule has 0 saturated heterocycles. The summed E-state index contributed by atoms with van der Waals surface area (Å²) < 4.78 is 67.2. The lowest BCUT2D eigenvalue weighted by Crippen LogP contribution is -2.49. The van der Waals surface area contributed by atoms with Gasteiger partial charge in [-0.1, -0.05) is 11.6 Å². The number of anilines is 1. The average molecular weight is 532 g/mol. The Morgan fingerprint density at radius 3 is 2.26 bits per heavy atom. The SMILES string of the molecule is CC(O)C[C@@]1(O)C2CC[C@H]1C[C@H](S(=O)(=O)c1cc(C(=O)Nc3cc(F)c(F)c(F)c3)ccc1Cl)C2. The normalized spacial score (nSPS) is 27.0. The van der Waals surface area contributed by atoms with Crippen LogP contribution in [-0.4, -0.2) is 41.5 Å². The molecule has 0 aliphatic heterocycles. The van der Waals surface area contributed by atoms with Gasteiger partial charge in [0.1, 0.15) is 0 Å². The first-order chi connectivity index (χ1) is 16.3. The molecule has 3 N–H and O–H groups in total. The summed E-state index contributed by atoms with van der Waals surface area (Å²) in [5.74, 6) is -6.08. The lowest BCUT2D eigenvalue weighted by Gasteiger charge is -2.43. The van der Waals surface area contributed by atoms with E-state index in [1.807, 2.05) is 0 Å². The molecule has 1 amide bonds. The van der Waals surface area contributed by atoms with Crippen molar-refractivity contribution in [2.45, 2.75) is 60.9 Å². The number of nitrogens with one attached hydrogen (secondary N) is 1. The van der Waals surface area contributed by atoms with Crippen LogP contribution in [0, 0.1) is 29.3 Å². The van der Waals surface area contributed by atoms with Gasteiger partial charge in [0.15, 0.2) is 27.3 Å². The molecule has 2 saturated carbocycles. The van der Waals surface area contributed by atoms with Gasteiger partial charge in [0.25, 0.3) is 5.91 Å². The van der Waals surface area contributed by atoms with E-state index >= 15 is 0 Å². The molecule has 0 radical (unpaired) electrons. The van der Waals surface area contributed by atoms with Crippen LogP contribution < -0.4 is 5.32 Å². The Labute approximate surface area is 206 Å². The second kappa shape index (κ2) is 9.38. The molecule has 2 unspecified atom stereocenters. The first-order valence-electron chi connectivity index (χ1n) is 11.2. The molecular formula is C24H25ClF3NO5S. The number of hydrogen-bond donors (Lipinski definition) is 3. The summed E-state index contributed by atoms with van der Waals surface area (Å²) in [4.78, 5) is 12.4. The zero-order chi connectivity index (χ0) is 25.7. The number of rotatable bonds is 6. The predicted octanol–water partition coefficient (Wildman–Crippen LogP) is 4.47. The molecule has 6 nitrogen and oxygen atoms in total. The van der Waals surface area contributed by atoms with Gasteiger partial charge in [-0.2, -0.15) is 0 Å². The van der Waals surface area contributed by atoms with Crippen molar-refractivity contribution >= 4 is 33.0 Å². The number of carbonyl (C=O) groups is 1. The highest BCUT2D eigenvalue weighted by atomic mass is 35.5. The topological polar surface area (TPSA) is 104 Å². The molecule has 2 aromatic rings. The maximum atomic E-state index is 13.5. The van der Waals surface area contributed by atoms with Gasteiger partial charge < -0.3 is 15.5 Å². The first kappa shape index (κ1) is 25.9. The molecule has 190 valence electrons. The highest BCUT2D eigenvalue weighted by Gasteiger charge is 2.55. The molecule has 5 atom stereocenters. The zero-order valence-corrected chi connectivity index (χ0v) is 20.3. The number of amides is 1. The summed E-state index contributed by atoms with van der Waals surface area (Å²) >= 11 is 6.20. The highest BCUT2D eigenvalue weighted by Crippen LogP contribution is 2.53. The summed E-state index contributed by atoms with van der Waals surface area (Å²) in [6, 6.07) is 4.82. The van der Waals surface area contributed by atoms with Crippen LogP contribution in [-0.2, 0) is 9.84 Å². The van der Waals surface area contributed by atoms with Crippen LogP contribution in [0.15, 0.2) is 35.2 Å². The van der Waals surface area contributed by atoms with Crippen molar-refractivity contribution in [3.8, 4) is 0 Å². The van der Waals surface area contributed by atoms with Crippen molar-refractivity contribution in [3.63, 3.8) is 0 Å². The Kier molecular flexibility index (Phi) is 6.95. The van der Waals surface area contributed by atoms with E-state index in [1.54, 1.807) is 6.92 Å². The van der Waals surface area contributed by atoms with Crippen molar-refractivity contribution in [3.05, 3.63) is 58.4 Å². The molecule has 2 aliphatic rings. The van der Waals surface area contributed by atoms with E-state index in [-0.39, 0.29) is 52.3 Å². The molecule has 0 heterocycles. The predicted molar refractivity (Wildman–Crippen MR) is 123 cm³/mol. The summed E-state index contributed by atoms with van der Waals surface area (Å²) in [6.45, 7) is 1.59. The highest BCUT2D eigenvalue weighted by molar-refractivity contribution is 7.92. The number of hydrogen-bond acceptors (Lipinski definition) is 5. The quantitative estimate of drug-likeness (QED) is 0.477. The number of sulfone groups is 1. The maximum absolute atomic E-state index is 13.5. The Morgan fingerprint density at radius 2 is 1.71 bits per heavy atom. The van der Waals surface area contributed by atoms with Gasteiger partial charge in [0.2, 0.25) is 0 Å². The lowest BCUT2D eigenvalue weighted by atomic mass is 9.71. The maximum Gasteiger partial charge on any atom is 0.255 e. The van der Waals surface area contributed by atoms with Crippen LogP contribution in [0.3, 0.4) is 0 Å². The van der Waals surface area contributed by atoms with E-state index in [4.69, 9.17) is 11.6 Å². The van der Waals surface area contributed by atoms with Crippen molar-refractivity contribution in [1.82, 2.24) is 0 Å². The van der Waals surface area contributed by atoms with E-state index in [0.717, 1.165) is 6.07 Å². The molecule has 2 fully saturated rings. The van der Waals surface area contributed by atoms with Crippen molar-refractivity contribution in [2.24, 2.45) is 11.8 Å². The van der Waals surface area contributed by atoms with Gasteiger partial charge in [-0.25, -0.2) is 21.6 Å². The summed E-state index contributed by atoms with van der Waals surface area (Å²) in [7, 11) is -4.00. The number of aliphatic hydroxyl groups is 2. The molecule has 2 bridgehead atoms. The molecule has 35 heavy (non-hydrogen) atoms. The van der Waals surface area contributed by atoms with Gasteiger partial charge in [-0.05, 0) is 62.6 Å². The molecule has 11 heteroatoms. The number of carbonyl (C=O) groups excluding carboxylic acids is 1. The molecule has 4 rings (SSSR count). The Morgan fingerprint density at radius 1 is 1.14 bits per heavy atom. The minimum absolute atomic E-state index is 0.0856. The molecule has 2 aliphatic carbocycles. The van der Waals surface area contributed by atoms with E-state index in [2.05, 4.69) is 5.32 Å². The summed E-state index contributed by atoms with van der Waals surface area (Å²) in [5, 5.41) is 22.3. The van der Waals surface area contributed by atoms with Crippen LogP contribution in [0.4, 0.5) is 18.9 Å². The molecule has 2 aromatic carbocycles. The number of benzene rings is 2. The van der Waals surface area contributed by atoms with Crippen LogP contribution >= 0.6 is 11.6 Å². The van der Waals surface area contributed by atoms with E-state index in [1.165, 1.54) is 12.1 Å². The van der Waals surface area contributed by atoms with Crippen molar-refractivity contribution in [1.29, 1.82) is 0 Å². The molecule has 0 aromatic heterocycles. The minimum atomic E-state index is -4.00. The third kappa shape index (κ3) is 4.81. The smallest absolute Gasteiger partial charge is 0.255 e. The van der Waals surface area contributed by atoms with Crippen molar-refractivity contribution in [2.75, 3.05) is 5.32 Å². The number of aliphatic hydroxyl groups excluding tert-OH is 1. The minimum Gasteiger partial charge on any atom is -0.393 e. The van der Waals surface area contributed by atoms with Crippen LogP contribution in [0.1, 0.15) is 49.4 Å². The van der Waals surface area contributed by atoms with Crippen LogP contribution in [0.2, 0.25) is 5.02 Å². The largest absolute Gasteiger partial charge is 0.393 e. The third-order valence-electron chi connectivity index (χ3n) is 7.18. The number of halogens is 4. The molecular weight excluding hydrogens is 507 g/mol. The lowest BCUT2D eigenvalue weighted by molar-refractivity contribution is -0.0861. The van der Waals surface area contributed by atoms with Crippen LogP contribution in [0.5, 0.6) is 0 Å². The Bertz CT molecular complexity index is 1230. The van der Waals surface area contributed by atoms with E-state index < -0.39 is 50.2 Å². The van der Waals surface area contributed by atoms with E-state index in [0.29, 0.717) is 25.0 Å². The van der Waals surface area contributed by atoms with E-state index in [9.17, 15) is 36.6 Å². The third-order valence-corrected chi connectivity index (χ3v) is 9.83. The zero-order valence-electron chi connectivity index (χ0n) is 18.8. The van der Waals surface area contributed by atoms with Gasteiger partial charge in [-0.15, -0.1) is 0 Å². The standard InChI is InChI=1S/C24H25ClF3NO5S/c1-12(30)11-24(32)14-3-4-15(24)8-17(7-14)35(33,34)21-6-13(2-5-18(21)25)23(31)29-16-9-19(26)22(28)20(27)10-16/h2,5-6,9-10,12,14-15,17,30,32H,3-4,7-8,11H2,1H3,(H,29,31)/t12?,14-,15?,17-,24-/m0/s1. The molecule has 0 spiro atoms. The second-order valence-corrected chi connectivity index (χ2v) is 12.1. The number of fused-ring (bicyclic) bond motifs is 2. The fourth-order valence-corrected chi connectivity index (χ4v) is 7.95. The second-order valence-electron chi connectivity index (χ2n) is 9.51. The van der Waals surface area contributed by atoms with Gasteiger partial charge in [0.05, 0.1) is 26.9 Å². The fraction of sp³-hybridized carbons (Fsp3) is 0.458. The summed E-state index contributed by atoms with van der Waals surface area (Å²) in [6.07, 6.45) is 1.16. The van der Waals surface area contributed by atoms with Gasteiger partial charge >= 0.3 is 0 Å². The van der Waals surface area contributed by atoms with Crippen LogP contribution in [0.25, 0.3) is 0 Å². The van der Waals surface area contributed by atoms with Crippen molar-refractivity contribution < 1.29 is 36.6 Å². The first-order valence-corrected chi connectivity index (χ1v) is 13.1. The Hall–Kier alpha value is -2.14. The Balaban J connectivity index is 1.58. The summed E-state index contributed by atoms with van der Waals surface area (Å²) in [5.41, 5.74) is -1.58. The van der Waals surface area contributed by atoms with Gasteiger partial charge in [0, 0.05) is 29.8 Å². The monoisotopic (exact) mass is 531 g/mol. The fourth-order valence-electron chi connectivity index (χ4n) is 5.54.